The minimum atomic E-state index is -0.563. The van der Waals surface area contributed by atoms with E-state index in [4.69, 9.17) is 4.74 Å². The topological polar surface area (TPSA) is 46.5 Å². The normalized spacial score (nSPS) is 9.40. The number of carbonyl (C=O) groups excluding carboxylic acids is 1. The Labute approximate surface area is 88.3 Å². The van der Waals surface area contributed by atoms with Gasteiger partial charge in [-0.15, -0.1) is 0 Å². The third-order valence-electron chi connectivity index (χ3n) is 1.80. The lowest BCUT2D eigenvalue weighted by molar-refractivity contribution is -0.130. The summed E-state index contributed by atoms with van der Waals surface area (Å²) < 4.78 is 4.91. The molecule has 0 bridgehead atoms. The summed E-state index contributed by atoms with van der Waals surface area (Å²) in [4.78, 5) is 11.2. The molecule has 0 heterocycles. The summed E-state index contributed by atoms with van der Waals surface area (Å²) in [7, 11) is 0. The van der Waals surface area contributed by atoms with Crippen molar-refractivity contribution in [2.24, 2.45) is 0 Å². The van der Waals surface area contributed by atoms with Gasteiger partial charge in [0.1, 0.15) is 0 Å². The highest BCUT2D eigenvalue weighted by Crippen LogP contribution is 2.30. The minimum Gasteiger partial charge on any atom is -0.504 e. The number of ether oxygens (including phenoxy) is 1. The fourth-order valence-corrected chi connectivity index (χ4v) is 0.973. The molecular formula is C12H12O3. The summed E-state index contributed by atoms with van der Waals surface area (Å²) in [6, 6.07) is 4.83. The molecule has 1 rings (SSSR count). The van der Waals surface area contributed by atoms with Gasteiger partial charge in [0.15, 0.2) is 11.5 Å². The molecule has 3 nitrogen and oxygen atoms in total. The first-order valence-corrected chi connectivity index (χ1v) is 4.38. The van der Waals surface area contributed by atoms with E-state index in [9.17, 15) is 9.90 Å². The lowest BCUT2D eigenvalue weighted by atomic mass is 10.2. The number of phenolic OH excluding ortho intramolecular Hbond substituents is 1. The second-order valence-corrected chi connectivity index (χ2v) is 3.07. The quantitative estimate of drug-likeness (QED) is 0.467. The highest BCUT2D eigenvalue weighted by molar-refractivity contribution is 5.89. The van der Waals surface area contributed by atoms with E-state index < -0.39 is 5.97 Å². The van der Waals surface area contributed by atoms with E-state index in [1.165, 1.54) is 19.1 Å². The SMILES string of the molecule is C=Cc1cccc(OC(=O)C(=C)C)c1O. The summed E-state index contributed by atoms with van der Waals surface area (Å²) >= 11 is 0. The van der Waals surface area contributed by atoms with E-state index in [2.05, 4.69) is 13.2 Å². The van der Waals surface area contributed by atoms with Crippen molar-refractivity contribution >= 4 is 12.0 Å². The van der Waals surface area contributed by atoms with Crippen molar-refractivity contribution in [3.63, 3.8) is 0 Å². The molecule has 0 aliphatic heterocycles. The van der Waals surface area contributed by atoms with Gasteiger partial charge in [0.05, 0.1) is 0 Å². The molecule has 1 N–H and O–H groups in total. The molecule has 0 aliphatic carbocycles. The van der Waals surface area contributed by atoms with Crippen molar-refractivity contribution in [1.29, 1.82) is 0 Å². The van der Waals surface area contributed by atoms with Crippen molar-refractivity contribution in [3.05, 3.63) is 42.5 Å². The molecule has 0 fully saturated rings. The molecule has 0 aliphatic rings. The molecule has 1 aromatic carbocycles. The van der Waals surface area contributed by atoms with Crippen LogP contribution in [-0.4, -0.2) is 11.1 Å². The molecule has 0 saturated heterocycles. The van der Waals surface area contributed by atoms with Gasteiger partial charge in [-0.2, -0.15) is 0 Å². The maximum absolute atomic E-state index is 11.2. The zero-order chi connectivity index (χ0) is 11.4. The van der Waals surface area contributed by atoms with Crippen LogP contribution in [-0.2, 0) is 4.79 Å². The van der Waals surface area contributed by atoms with Gasteiger partial charge < -0.3 is 9.84 Å². The fraction of sp³-hybridized carbons (Fsp3) is 0.0833. The summed E-state index contributed by atoms with van der Waals surface area (Å²) in [5, 5.41) is 9.64. The first kappa shape index (κ1) is 11.0. The average molecular weight is 204 g/mol. The van der Waals surface area contributed by atoms with E-state index in [0.717, 1.165) is 0 Å². The Kier molecular flexibility index (Phi) is 3.29. The van der Waals surface area contributed by atoms with Gasteiger partial charge >= 0.3 is 5.97 Å². The van der Waals surface area contributed by atoms with Crippen LogP contribution in [0.4, 0.5) is 0 Å². The number of phenols is 1. The number of para-hydroxylation sites is 1. The molecule has 3 heteroatoms. The van der Waals surface area contributed by atoms with Crippen LogP contribution >= 0.6 is 0 Å². The lowest BCUT2D eigenvalue weighted by Gasteiger charge is -2.07. The molecule has 78 valence electrons. The van der Waals surface area contributed by atoms with Gasteiger partial charge in [-0.05, 0) is 13.0 Å². The summed E-state index contributed by atoms with van der Waals surface area (Å²) in [5.74, 6) is -0.547. The minimum absolute atomic E-state index is 0.0953. The maximum Gasteiger partial charge on any atom is 0.338 e. The second kappa shape index (κ2) is 4.46. The van der Waals surface area contributed by atoms with Gasteiger partial charge in [-0.1, -0.05) is 31.4 Å². The van der Waals surface area contributed by atoms with Crippen LogP contribution in [0.3, 0.4) is 0 Å². The lowest BCUT2D eigenvalue weighted by Crippen LogP contribution is -2.08. The highest BCUT2D eigenvalue weighted by atomic mass is 16.5. The molecule has 0 saturated carbocycles. The molecule has 0 atom stereocenters. The van der Waals surface area contributed by atoms with Gasteiger partial charge in [-0.25, -0.2) is 4.79 Å². The van der Waals surface area contributed by atoms with E-state index in [1.807, 2.05) is 0 Å². The highest BCUT2D eigenvalue weighted by Gasteiger charge is 2.10. The number of hydrogen-bond acceptors (Lipinski definition) is 3. The Morgan fingerprint density at radius 3 is 2.73 bits per heavy atom. The van der Waals surface area contributed by atoms with Crippen molar-refractivity contribution < 1.29 is 14.6 Å². The van der Waals surface area contributed by atoms with Crippen LogP contribution in [0.5, 0.6) is 11.5 Å². The monoisotopic (exact) mass is 204 g/mol. The second-order valence-electron chi connectivity index (χ2n) is 3.07. The molecular weight excluding hydrogens is 192 g/mol. The molecule has 0 amide bonds. The number of aromatic hydroxyl groups is 1. The summed E-state index contributed by atoms with van der Waals surface area (Å²) in [5.41, 5.74) is 0.792. The third kappa shape index (κ3) is 2.47. The van der Waals surface area contributed by atoms with Crippen LogP contribution in [0.15, 0.2) is 36.9 Å². The Bertz CT molecular complexity index is 419. The van der Waals surface area contributed by atoms with Gasteiger partial charge in [-0.3, -0.25) is 0 Å². The summed E-state index contributed by atoms with van der Waals surface area (Å²) in [6.07, 6.45) is 1.48. The molecule has 0 unspecified atom stereocenters. The predicted octanol–water partition coefficient (Wildman–Crippen LogP) is 2.52. The zero-order valence-electron chi connectivity index (χ0n) is 8.49. The number of rotatable bonds is 3. The first-order chi connectivity index (χ1) is 7.06. The van der Waals surface area contributed by atoms with Crippen molar-refractivity contribution in [2.45, 2.75) is 6.92 Å². The molecule has 1 aromatic rings. The number of carbonyl (C=O) groups is 1. The Morgan fingerprint density at radius 2 is 2.20 bits per heavy atom. The largest absolute Gasteiger partial charge is 0.504 e. The Balaban J connectivity index is 3.00. The van der Waals surface area contributed by atoms with Gasteiger partial charge in [0.25, 0.3) is 0 Å². The van der Waals surface area contributed by atoms with Crippen LogP contribution in [0.1, 0.15) is 12.5 Å². The molecule has 0 radical (unpaired) electrons. The van der Waals surface area contributed by atoms with E-state index in [-0.39, 0.29) is 17.1 Å². The molecule has 0 spiro atoms. The number of benzene rings is 1. The van der Waals surface area contributed by atoms with E-state index in [0.29, 0.717) is 5.56 Å². The van der Waals surface area contributed by atoms with E-state index >= 15 is 0 Å². The molecule has 15 heavy (non-hydrogen) atoms. The molecule has 0 aromatic heterocycles. The fourth-order valence-electron chi connectivity index (χ4n) is 0.973. The zero-order valence-corrected chi connectivity index (χ0v) is 8.49. The first-order valence-electron chi connectivity index (χ1n) is 4.38. The van der Waals surface area contributed by atoms with E-state index in [1.54, 1.807) is 12.1 Å². The van der Waals surface area contributed by atoms with Crippen LogP contribution in [0, 0.1) is 0 Å². The standard InChI is InChI=1S/C12H12O3/c1-4-9-6-5-7-10(11(9)13)15-12(14)8(2)3/h4-7,13H,1-2H2,3H3. The number of esters is 1. The third-order valence-corrected chi connectivity index (χ3v) is 1.80. The average Bonchev–Trinajstić information content (AvgIpc) is 2.21. The predicted molar refractivity (Wildman–Crippen MR) is 58.6 cm³/mol. The van der Waals surface area contributed by atoms with Crippen LogP contribution in [0.2, 0.25) is 0 Å². The Morgan fingerprint density at radius 1 is 1.53 bits per heavy atom. The smallest absolute Gasteiger partial charge is 0.338 e. The summed E-state index contributed by atoms with van der Waals surface area (Å²) in [6.45, 7) is 8.51. The van der Waals surface area contributed by atoms with Crippen molar-refractivity contribution in [3.8, 4) is 11.5 Å². The van der Waals surface area contributed by atoms with Crippen molar-refractivity contribution in [2.75, 3.05) is 0 Å². The van der Waals surface area contributed by atoms with Gasteiger partial charge in [0, 0.05) is 11.1 Å². The van der Waals surface area contributed by atoms with Crippen molar-refractivity contribution in [1.82, 2.24) is 0 Å². The van der Waals surface area contributed by atoms with Crippen LogP contribution < -0.4 is 4.74 Å². The maximum atomic E-state index is 11.2. The van der Waals surface area contributed by atoms with Crippen LogP contribution in [0.25, 0.3) is 6.08 Å². The number of hydrogen-bond donors (Lipinski definition) is 1. The Hall–Kier alpha value is -2.03. The van der Waals surface area contributed by atoms with Gasteiger partial charge in [0.2, 0.25) is 0 Å².